The van der Waals surface area contributed by atoms with Gasteiger partial charge < -0.3 is 25.2 Å². The lowest BCUT2D eigenvalue weighted by atomic mass is 10.1. The number of nitrogens with one attached hydrogen (secondary N) is 1. The van der Waals surface area contributed by atoms with Crippen molar-refractivity contribution in [2.45, 2.75) is 37.8 Å². The van der Waals surface area contributed by atoms with Crippen LogP contribution in [0.2, 0.25) is 0 Å². The molecule has 1 fully saturated rings. The molecule has 1 atom stereocenters. The van der Waals surface area contributed by atoms with E-state index in [2.05, 4.69) is 5.32 Å². The summed E-state index contributed by atoms with van der Waals surface area (Å²) in [7, 11) is 0. The zero-order valence-corrected chi connectivity index (χ0v) is 15.7. The molecule has 0 radical (unpaired) electrons. The van der Waals surface area contributed by atoms with E-state index in [0.29, 0.717) is 18.9 Å². The third-order valence-electron chi connectivity index (χ3n) is 4.86. The van der Waals surface area contributed by atoms with Crippen LogP contribution in [-0.2, 0) is 9.59 Å². The van der Waals surface area contributed by atoms with Gasteiger partial charge in [-0.1, -0.05) is 0 Å². The van der Waals surface area contributed by atoms with Gasteiger partial charge in [0, 0.05) is 18.7 Å². The van der Waals surface area contributed by atoms with Crippen molar-refractivity contribution < 1.29 is 39.0 Å². The molecule has 3 rings (SSSR count). The second-order valence-electron chi connectivity index (χ2n) is 7.02. The van der Waals surface area contributed by atoms with Crippen LogP contribution in [0.1, 0.15) is 42.1 Å². The van der Waals surface area contributed by atoms with Gasteiger partial charge in [-0.05, 0) is 25.3 Å². The number of pyridine rings is 1. The van der Waals surface area contributed by atoms with E-state index >= 15 is 0 Å². The zero-order chi connectivity index (χ0) is 23.0. The summed E-state index contributed by atoms with van der Waals surface area (Å²) in [6.07, 6.45) is 0.961. The van der Waals surface area contributed by atoms with Crippen molar-refractivity contribution in [3.63, 3.8) is 0 Å². The molecule has 31 heavy (non-hydrogen) atoms. The summed E-state index contributed by atoms with van der Waals surface area (Å²) in [5.41, 5.74) is -3.90. The molecule has 2 aromatic rings. The molecule has 1 unspecified atom stereocenters. The first-order valence-electron chi connectivity index (χ1n) is 9.03. The van der Waals surface area contributed by atoms with Crippen molar-refractivity contribution in [1.82, 2.24) is 4.57 Å². The normalized spacial score (nSPS) is 14.2. The lowest BCUT2D eigenvalue weighted by molar-refractivity contribution is -0.382. The average molecular weight is 437 g/mol. The van der Waals surface area contributed by atoms with Crippen LogP contribution in [0, 0.1) is 15.9 Å². The summed E-state index contributed by atoms with van der Waals surface area (Å²) in [5.74, 6) is -5.80. The zero-order valence-electron chi connectivity index (χ0n) is 15.7. The third kappa shape index (κ3) is 4.15. The molecular weight excluding hydrogens is 421 g/mol. The van der Waals surface area contributed by atoms with E-state index in [1.54, 1.807) is 0 Å². The molecule has 1 aliphatic rings. The quantitative estimate of drug-likeness (QED) is 0.332. The Morgan fingerprint density at radius 3 is 2.42 bits per heavy atom. The predicted octanol–water partition coefficient (Wildman–Crippen LogP) is 1.81. The van der Waals surface area contributed by atoms with E-state index in [1.165, 1.54) is 4.57 Å². The number of nitrogens with zero attached hydrogens (tertiary/aromatic N) is 2. The smallest absolute Gasteiger partial charge is 0.341 e. The van der Waals surface area contributed by atoms with Crippen LogP contribution >= 0.6 is 0 Å². The predicted molar refractivity (Wildman–Crippen MR) is 102 cm³/mol. The Morgan fingerprint density at radius 2 is 1.94 bits per heavy atom. The molecule has 0 aliphatic heterocycles. The van der Waals surface area contributed by atoms with E-state index in [-0.39, 0.29) is 11.6 Å². The maximum Gasteiger partial charge on any atom is 0.341 e. The number of hydrogen-bond donors (Lipinski definition) is 4. The van der Waals surface area contributed by atoms with Crippen molar-refractivity contribution in [2.24, 2.45) is 0 Å². The largest absolute Gasteiger partial charge is 0.481 e. The fraction of sp³-hybridized carbons (Fsp3) is 0.333. The number of carbonyl (C=O) groups is 3. The van der Waals surface area contributed by atoms with Gasteiger partial charge in [-0.15, -0.1) is 0 Å². The number of rotatable bonds is 9. The molecule has 1 heterocycles. The number of benzene rings is 1. The van der Waals surface area contributed by atoms with Gasteiger partial charge in [-0.3, -0.25) is 19.7 Å². The first-order chi connectivity index (χ1) is 14.5. The molecule has 164 valence electrons. The van der Waals surface area contributed by atoms with Crippen molar-refractivity contribution in [3.05, 3.63) is 44.0 Å². The number of aliphatic carboxylic acids is 2. The molecular formula is C18H16FN3O9. The van der Waals surface area contributed by atoms with Crippen LogP contribution in [-0.4, -0.2) is 48.8 Å². The van der Waals surface area contributed by atoms with Crippen molar-refractivity contribution in [1.29, 1.82) is 0 Å². The molecule has 0 amide bonds. The van der Waals surface area contributed by atoms with E-state index < -0.39 is 75.3 Å². The standard InChI is InChI=1S/C18H16FN3O9/c19-10-5-8-14(21(7-1-2-7)6-9(16(8)25)17(26)27)15(22(30)31)13(10)20-11(18(28)29)3-4-12(23)24/h5-7,11,20H,1-4H2,(H,23,24)(H,26,27)(H,28,29). The monoisotopic (exact) mass is 437 g/mol. The number of halogens is 1. The first kappa shape index (κ1) is 21.7. The van der Waals surface area contributed by atoms with Gasteiger partial charge in [0.1, 0.15) is 17.1 Å². The van der Waals surface area contributed by atoms with Crippen LogP contribution in [0.25, 0.3) is 10.9 Å². The van der Waals surface area contributed by atoms with E-state index in [1.807, 2.05) is 0 Å². The van der Waals surface area contributed by atoms with Crippen LogP contribution in [0.3, 0.4) is 0 Å². The summed E-state index contributed by atoms with van der Waals surface area (Å²) >= 11 is 0. The molecule has 1 aliphatic carbocycles. The molecule has 1 aromatic carbocycles. The Kier molecular flexibility index (Phi) is 5.60. The molecule has 4 N–H and O–H groups in total. The summed E-state index contributed by atoms with van der Waals surface area (Å²) in [4.78, 5) is 57.0. The average Bonchev–Trinajstić information content (AvgIpc) is 3.50. The molecule has 12 nitrogen and oxygen atoms in total. The lowest BCUT2D eigenvalue weighted by Crippen LogP contribution is -2.31. The van der Waals surface area contributed by atoms with Crippen LogP contribution in [0.5, 0.6) is 0 Å². The first-order valence-corrected chi connectivity index (χ1v) is 9.03. The Bertz CT molecular complexity index is 1190. The highest BCUT2D eigenvalue weighted by molar-refractivity contribution is 5.99. The highest BCUT2D eigenvalue weighted by atomic mass is 19.1. The molecule has 13 heteroatoms. The number of carboxylic acid groups (broad SMARTS) is 3. The molecule has 0 spiro atoms. The number of aromatic nitrogens is 1. The summed E-state index contributed by atoms with van der Waals surface area (Å²) in [5, 5.41) is 40.8. The maximum atomic E-state index is 14.9. The van der Waals surface area contributed by atoms with E-state index in [0.717, 1.165) is 6.20 Å². The van der Waals surface area contributed by atoms with Crippen molar-refractivity contribution in [2.75, 3.05) is 5.32 Å². The summed E-state index contributed by atoms with van der Waals surface area (Å²) in [6, 6.07) is -1.39. The molecule has 1 aromatic heterocycles. The summed E-state index contributed by atoms with van der Waals surface area (Å²) in [6.45, 7) is 0. The van der Waals surface area contributed by atoms with Gasteiger partial charge in [0.25, 0.3) is 0 Å². The Hall–Kier alpha value is -4.03. The topological polar surface area (TPSA) is 189 Å². The molecule has 1 saturated carbocycles. The molecule has 0 bridgehead atoms. The van der Waals surface area contributed by atoms with Gasteiger partial charge in [-0.25, -0.2) is 14.0 Å². The van der Waals surface area contributed by atoms with E-state index in [4.69, 9.17) is 5.11 Å². The fourth-order valence-electron chi connectivity index (χ4n) is 3.28. The maximum absolute atomic E-state index is 14.9. The second kappa shape index (κ2) is 8.01. The van der Waals surface area contributed by atoms with Gasteiger partial charge in [-0.2, -0.15) is 0 Å². The second-order valence-corrected chi connectivity index (χ2v) is 7.02. The number of nitro groups is 1. The molecule has 0 saturated heterocycles. The minimum Gasteiger partial charge on any atom is -0.481 e. The van der Waals surface area contributed by atoms with Crippen molar-refractivity contribution in [3.8, 4) is 0 Å². The number of carboxylic acids is 3. The lowest BCUT2D eigenvalue weighted by Gasteiger charge is -2.18. The number of hydrogen-bond acceptors (Lipinski definition) is 7. The summed E-state index contributed by atoms with van der Waals surface area (Å²) < 4.78 is 16.1. The van der Waals surface area contributed by atoms with Crippen molar-refractivity contribution >= 4 is 40.2 Å². The van der Waals surface area contributed by atoms with Crippen LogP contribution < -0.4 is 10.7 Å². The van der Waals surface area contributed by atoms with Gasteiger partial charge in [0.05, 0.1) is 10.3 Å². The minimum absolute atomic E-state index is 0.339. The fourth-order valence-corrected chi connectivity index (χ4v) is 3.28. The highest BCUT2D eigenvalue weighted by Gasteiger charge is 2.35. The number of nitro benzene ring substituents is 1. The SMILES string of the molecule is O=C(O)CCC(Nc1c(F)cc2c(=O)c(C(=O)O)cn(C3CC3)c2c1[N+](=O)[O-])C(=O)O. The third-order valence-corrected chi connectivity index (χ3v) is 4.86. The van der Waals surface area contributed by atoms with Gasteiger partial charge in [0.2, 0.25) is 5.43 Å². The van der Waals surface area contributed by atoms with Gasteiger partial charge >= 0.3 is 23.6 Å². The Morgan fingerprint density at radius 1 is 1.29 bits per heavy atom. The van der Waals surface area contributed by atoms with Crippen LogP contribution in [0.15, 0.2) is 17.1 Å². The Labute approximate surface area is 171 Å². The Balaban J connectivity index is 2.29. The van der Waals surface area contributed by atoms with Crippen LogP contribution in [0.4, 0.5) is 15.8 Å². The van der Waals surface area contributed by atoms with E-state index in [9.17, 15) is 43.9 Å². The minimum atomic E-state index is -1.67. The number of anilines is 1. The highest BCUT2D eigenvalue weighted by Crippen LogP contribution is 2.42. The number of fused-ring (bicyclic) bond motifs is 1. The van der Waals surface area contributed by atoms with Gasteiger partial charge in [0.15, 0.2) is 11.5 Å². The number of aromatic carboxylic acids is 1.